The number of rotatable bonds is 9. The van der Waals surface area contributed by atoms with Crippen molar-refractivity contribution in [2.45, 2.75) is 52.6 Å². The van der Waals surface area contributed by atoms with Crippen LogP contribution in [0.15, 0.2) is 29.2 Å². The number of hydrogen-bond donors (Lipinski definition) is 1. The normalized spacial score (nSPS) is 12.8. The highest BCUT2D eigenvalue weighted by Gasteiger charge is 2.33. The van der Waals surface area contributed by atoms with Gasteiger partial charge in [-0.2, -0.15) is 0 Å². The van der Waals surface area contributed by atoms with Gasteiger partial charge < -0.3 is 24.3 Å². The van der Waals surface area contributed by atoms with E-state index in [1.165, 1.54) is 6.07 Å². The molecule has 174 valence electrons. The standard InChI is InChI=1S/C24H32N2O6/c1-6-24(3,4)26-14-16-11-22(32-10-8-9-27)21(30-5)12-17(16)19-13-20(28)18(15-25(19)26)23(29)31-7-2/h11-13,15,27H,6-10,14H2,1-5H3. The number of carbonyl (C=O) groups excluding carboxylic acids is 1. The lowest BCUT2D eigenvalue weighted by Crippen LogP contribution is -2.52. The van der Waals surface area contributed by atoms with Crippen LogP contribution >= 0.6 is 0 Å². The first-order valence-corrected chi connectivity index (χ1v) is 10.9. The molecule has 2 heterocycles. The highest BCUT2D eigenvalue weighted by atomic mass is 16.5. The summed E-state index contributed by atoms with van der Waals surface area (Å²) in [6.45, 7) is 9.21. The number of aliphatic hydroxyl groups excluding tert-OH is 1. The Hall–Kier alpha value is -3.00. The molecule has 3 rings (SSSR count). The Morgan fingerprint density at radius 3 is 2.56 bits per heavy atom. The van der Waals surface area contributed by atoms with Crippen LogP contribution in [0.2, 0.25) is 0 Å². The van der Waals surface area contributed by atoms with Crippen LogP contribution in [0.5, 0.6) is 11.5 Å². The number of pyridine rings is 1. The van der Waals surface area contributed by atoms with Crippen molar-refractivity contribution in [2.75, 3.05) is 31.9 Å². The van der Waals surface area contributed by atoms with Crippen molar-refractivity contribution in [1.29, 1.82) is 0 Å². The molecule has 0 aliphatic carbocycles. The van der Waals surface area contributed by atoms with E-state index < -0.39 is 5.97 Å². The molecule has 0 bridgehead atoms. The summed E-state index contributed by atoms with van der Waals surface area (Å²) in [5, 5.41) is 11.2. The summed E-state index contributed by atoms with van der Waals surface area (Å²) in [4.78, 5) is 25.2. The Kier molecular flexibility index (Phi) is 7.13. The highest BCUT2D eigenvalue weighted by Crippen LogP contribution is 2.40. The summed E-state index contributed by atoms with van der Waals surface area (Å²) in [7, 11) is 1.56. The SMILES string of the molecule is CCOC(=O)c1cn2c(cc1=O)-c1cc(OC)c(OCCCO)cc1CN2C(C)(C)CC. The predicted octanol–water partition coefficient (Wildman–Crippen LogP) is 3.10. The van der Waals surface area contributed by atoms with Crippen molar-refractivity contribution in [3.8, 4) is 22.8 Å². The van der Waals surface area contributed by atoms with Gasteiger partial charge in [-0.05, 0) is 44.9 Å². The number of carbonyl (C=O) groups is 1. The van der Waals surface area contributed by atoms with E-state index in [9.17, 15) is 9.59 Å². The van der Waals surface area contributed by atoms with Gasteiger partial charge >= 0.3 is 5.97 Å². The summed E-state index contributed by atoms with van der Waals surface area (Å²) < 4.78 is 18.3. The van der Waals surface area contributed by atoms with Crippen LogP contribution in [-0.2, 0) is 11.3 Å². The van der Waals surface area contributed by atoms with Gasteiger partial charge in [0.15, 0.2) is 16.9 Å². The van der Waals surface area contributed by atoms with Crippen molar-refractivity contribution in [3.63, 3.8) is 0 Å². The van der Waals surface area contributed by atoms with Gasteiger partial charge in [-0.25, -0.2) is 4.79 Å². The third-order valence-corrected chi connectivity index (χ3v) is 5.90. The number of aromatic nitrogens is 1. The molecule has 2 aromatic rings. The summed E-state index contributed by atoms with van der Waals surface area (Å²) in [5.41, 5.74) is 1.85. The minimum absolute atomic E-state index is 0.00637. The second-order valence-corrected chi connectivity index (χ2v) is 8.31. The summed E-state index contributed by atoms with van der Waals surface area (Å²) >= 11 is 0. The van der Waals surface area contributed by atoms with Gasteiger partial charge in [0.1, 0.15) is 5.56 Å². The van der Waals surface area contributed by atoms with E-state index in [4.69, 9.17) is 19.3 Å². The van der Waals surface area contributed by atoms with E-state index in [-0.39, 0.29) is 29.7 Å². The minimum atomic E-state index is -0.627. The Labute approximate surface area is 188 Å². The lowest BCUT2D eigenvalue weighted by atomic mass is 9.95. The van der Waals surface area contributed by atoms with E-state index in [2.05, 4.69) is 25.8 Å². The minimum Gasteiger partial charge on any atom is -0.493 e. The summed E-state index contributed by atoms with van der Waals surface area (Å²) in [6.07, 6.45) is 2.94. The zero-order valence-electron chi connectivity index (χ0n) is 19.4. The van der Waals surface area contributed by atoms with Gasteiger partial charge in [0.05, 0.1) is 38.1 Å². The van der Waals surface area contributed by atoms with Crippen molar-refractivity contribution in [1.82, 2.24) is 4.68 Å². The number of fused-ring (bicyclic) bond motifs is 3. The summed E-state index contributed by atoms with van der Waals surface area (Å²) in [5.74, 6) is 0.504. The van der Waals surface area contributed by atoms with Crippen LogP contribution in [0.25, 0.3) is 11.3 Å². The predicted molar refractivity (Wildman–Crippen MR) is 122 cm³/mol. The van der Waals surface area contributed by atoms with Crippen LogP contribution in [-0.4, -0.2) is 48.2 Å². The highest BCUT2D eigenvalue weighted by molar-refractivity contribution is 5.89. The number of ether oxygens (including phenoxy) is 3. The van der Waals surface area contributed by atoms with Crippen LogP contribution < -0.4 is 19.9 Å². The molecule has 0 fully saturated rings. The van der Waals surface area contributed by atoms with Crippen molar-refractivity contribution in [2.24, 2.45) is 0 Å². The lowest BCUT2D eigenvalue weighted by Gasteiger charge is -2.45. The third kappa shape index (κ3) is 4.46. The van der Waals surface area contributed by atoms with Crippen molar-refractivity contribution >= 4 is 5.97 Å². The van der Waals surface area contributed by atoms with Crippen molar-refractivity contribution in [3.05, 3.63) is 45.7 Å². The molecule has 0 spiro atoms. The van der Waals surface area contributed by atoms with Crippen LogP contribution in [0, 0.1) is 0 Å². The average Bonchev–Trinajstić information content (AvgIpc) is 2.77. The van der Waals surface area contributed by atoms with Gasteiger partial charge in [-0.1, -0.05) is 6.92 Å². The molecule has 1 aliphatic rings. The molecule has 8 nitrogen and oxygen atoms in total. The molecule has 1 aromatic carbocycles. The first kappa shape index (κ1) is 23.7. The molecule has 0 saturated heterocycles. The number of benzene rings is 1. The maximum absolute atomic E-state index is 12.8. The Morgan fingerprint density at radius 2 is 1.94 bits per heavy atom. The largest absolute Gasteiger partial charge is 0.493 e. The Bertz CT molecular complexity index is 1040. The number of methoxy groups -OCH3 is 1. The fraction of sp³-hybridized carbons (Fsp3) is 0.500. The molecule has 1 N–H and O–H groups in total. The second kappa shape index (κ2) is 9.65. The monoisotopic (exact) mass is 444 g/mol. The van der Waals surface area contributed by atoms with Crippen LogP contribution in [0.1, 0.15) is 56.5 Å². The zero-order chi connectivity index (χ0) is 23.5. The first-order valence-electron chi connectivity index (χ1n) is 10.9. The van der Waals surface area contributed by atoms with Crippen LogP contribution in [0.3, 0.4) is 0 Å². The molecular formula is C24H32N2O6. The van der Waals surface area contributed by atoms with Crippen molar-refractivity contribution < 1.29 is 24.1 Å². The average molecular weight is 445 g/mol. The molecule has 0 atom stereocenters. The second-order valence-electron chi connectivity index (χ2n) is 8.31. The van der Waals surface area contributed by atoms with Gasteiger partial charge in [0.2, 0.25) is 0 Å². The van der Waals surface area contributed by atoms with Gasteiger partial charge in [-0.15, -0.1) is 0 Å². The lowest BCUT2D eigenvalue weighted by molar-refractivity contribution is 0.0523. The van der Waals surface area contributed by atoms with Gasteiger partial charge in [0.25, 0.3) is 0 Å². The summed E-state index contributed by atoms with van der Waals surface area (Å²) in [6, 6.07) is 5.27. The first-order chi connectivity index (χ1) is 15.3. The van der Waals surface area contributed by atoms with Gasteiger partial charge in [0, 0.05) is 30.9 Å². The maximum atomic E-state index is 12.8. The molecule has 32 heavy (non-hydrogen) atoms. The quantitative estimate of drug-likeness (QED) is 0.469. The number of aliphatic hydroxyl groups is 1. The van der Waals surface area contributed by atoms with Gasteiger partial charge in [-0.3, -0.25) is 9.47 Å². The maximum Gasteiger partial charge on any atom is 0.343 e. The Balaban J connectivity index is 2.20. The molecule has 8 heteroatoms. The number of nitrogens with zero attached hydrogens (tertiary/aromatic N) is 2. The molecule has 1 aromatic heterocycles. The van der Waals surface area contributed by atoms with E-state index in [1.807, 2.05) is 16.8 Å². The van der Waals surface area contributed by atoms with Crippen LogP contribution in [0.4, 0.5) is 0 Å². The number of hydrogen-bond acceptors (Lipinski definition) is 7. The molecular weight excluding hydrogens is 412 g/mol. The fourth-order valence-corrected chi connectivity index (χ4v) is 3.70. The number of esters is 1. The Morgan fingerprint density at radius 1 is 1.19 bits per heavy atom. The van der Waals surface area contributed by atoms with E-state index in [1.54, 1.807) is 20.2 Å². The third-order valence-electron chi connectivity index (χ3n) is 5.90. The molecule has 0 radical (unpaired) electrons. The smallest absolute Gasteiger partial charge is 0.343 e. The zero-order valence-corrected chi connectivity index (χ0v) is 19.4. The molecule has 1 aliphatic heterocycles. The fourth-order valence-electron chi connectivity index (χ4n) is 3.70. The topological polar surface area (TPSA) is 90.2 Å². The molecule has 0 amide bonds. The van der Waals surface area contributed by atoms with E-state index >= 15 is 0 Å². The molecule has 0 saturated carbocycles. The van der Waals surface area contributed by atoms with E-state index in [0.717, 1.165) is 17.5 Å². The van der Waals surface area contributed by atoms with E-state index in [0.29, 0.717) is 36.8 Å². The molecule has 0 unspecified atom stereocenters.